The number of aromatic nitrogens is 6. The van der Waals surface area contributed by atoms with Gasteiger partial charge in [-0.15, -0.1) is 10.2 Å². The largest absolute Gasteiger partial charge is 0.496 e. The van der Waals surface area contributed by atoms with E-state index in [1.54, 1.807) is 24.3 Å². The first-order chi connectivity index (χ1) is 17.6. The number of hydrogen-bond acceptors (Lipinski definition) is 10. The van der Waals surface area contributed by atoms with Gasteiger partial charge in [-0.3, -0.25) is 9.36 Å². The Morgan fingerprint density at radius 1 is 1.19 bits per heavy atom. The molecule has 0 fully saturated rings. The number of rotatable bonds is 9. The van der Waals surface area contributed by atoms with E-state index < -0.39 is 28.9 Å². The summed E-state index contributed by atoms with van der Waals surface area (Å²) in [7, 11) is 1.52. The Hall–Kier alpha value is -4.39. The van der Waals surface area contributed by atoms with Crippen LogP contribution in [0.3, 0.4) is 0 Å². The molecule has 0 spiro atoms. The fourth-order valence-electron chi connectivity index (χ4n) is 3.87. The van der Waals surface area contributed by atoms with Gasteiger partial charge < -0.3 is 19.0 Å². The maximum atomic E-state index is 13.7. The molecule has 13 nitrogen and oxygen atoms in total. The Labute approximate surface area is 210 Å². The highest BCUT2D eigenvalue weighted by molar-refractivity contribution is 5.77. The van der Waals surface area contributed by atoms with E-state index in [4.69, 9.17) is 13.9 Å². The maximum Gasteiger partial charge on any atom is 0.333 e. The third-order valence-corrected chi connectivity index (χ3v) is 5.73. The number of carbonyl (C=O) groups is 1. The van der Waals surface area contributed by atoms with E-state index in [2.05, 4.69) is 20.2 Å². The fraction of sp³-hybridized carbons (Fsp3) is 0.375. The molecule has 0 aliphatic rings. The minimum absolute atomic E-state index is 0.00522. The van der Waals surface area contributed by atoms with Crippen molar-refractivity contribution in [1.29, 1.82) is 0 Å². The number of nitrogens with zero attached hydrogens (tertiary/aromatic N) is 6. The number of fused-ring (bicyclic) bond motifs is 1. The minimum atomic E-state index is -1.91. The molecule has 0 amide bonds. The lowest BCUT2D eigenvalue weighted by molar-refractivity contribution is -0.146. The molecule has 1 atom stereocenters. The van der Waals surface area contributed by atoms with Gasteiger partial charge in [0.2, 0.25) is 5.82 Å². The highest BCUT2D eigenvalue weighted by Gasteiger charge is 2.35. The number of para-hydroxylation sites is 1. The summed E-state index contributed by atoms with van der Waals surface area (Å²) in [5, 5.41) is 17.9. The van der Waals surface area contributed by atoms with E-state index >= 15 is 0 Å². The number of oxazole rings is 1. The number of carboxylic acid groups (broad SMARTS) is 1. The maximum absolute atomic E-state index is 13.7. The van der Waals surface area contributed by atoms with Gasteiger partial charge in [-0.05, 0) is 33.8 Å². The minimum Gasteiger partial charge on any atom is -0.496 e. The molecule has 0 aliphatic heterocycles. The average Bonchev–Trinajstić information content (AvgIpc) is 3.40. The lowest BCUT2D eigenvalue weighted by Gasteiger charge is -2.26. The van der Waals surface area contributed by atoms with Crippen LogP contribution < -0.4 is 16.0 Å². The zero-order valence-electron chi connectivity index (χ0n) is 20.9. The quantitative estimate of drug-likeness (QED) is 0.350. The highest BCUT2D eigenvalue weighted by Crippen LogP contribution is 2.30. The van der Waals surface area contributed by atoms with Crippen LogP contribution in [0.15, 0.2) is 50.7 Å². The molecule has 3 heterocycles. The Morgan fingerprint density at radius 3 is 2.54 bits per heavy atom. The average molecular weight is 511 g/mol. The lowest BCUT2D eigenvalue weighted by Crippen LogP contribution is -2.53. The smallest absolute Gasteiger partial charge is 0.333 e. The molecular formula is C24H26N6O7. The molecule has 37 heavy (non-hydrogen) atoms. The Balaban J connectivity index is 2.01. The summed E-state index contributed by atoms with van der Waals surface area (Å²) in [6.45, 7) is 6.03. The molecule has 13 heteroatoms. The van der Waals surface area contributed by atoms with E-state index in [0.29, 0.717) is 15.9 Å². The van der Waals surface area contributed by atoms with E-state index in [1.807, 2.05) is 13.8 Å². The van der Waals surface area contributed by atoms with Crippen LogP contribution in [0.1, 0.15) is 39.4 Å². The number of hydrogen-bond donors (Lipinski definition) is 1. The van der Waals surface area contributed by atoms with Gasteiger partial charge in [0.1, 0.15) is 23.7 Å². The number of carboxylic acids is 1. The second kappa shape index (κ2) is 9.93. The van der Waals surface area contributed by atoms with Crippen LogP contribution in [0.5, 0.6) is 5.75 Å². The molecule has 0 radical (unpaired) electrons. The molecule has 4 rings (SSSR count). The van der Waals surface area contributed by atoms with Gasteiger partial charge in [-0.1, -0.05) is 18.2 Å². The van der Waals surface area contributed by atoms with Crippen molar-refractivity contribution in [3.63, 3.8) is 0 Å². The van der Waals surface area contributed by atoms with Gasteiger partial charge >= 0.3 is 11.7 Å². The molecule has 1 aromatic carbocycles. The molecule has 0 unspecified atom stereocenters. The van der Waals surface area contributed by atoms with E-state index in [1.165, 1.54) is 33.4 Å². The van der Waals surface area contributed by atoms with Crippen LogP contribution in [-0.2, 0) is 21.6 Å². The fourth-order valence-corrected chi connectivity index (χ4v) is 3.87. The van der Waals surface area contributed by atoms with Gasteiger partial charge in [0.05, 0.1) is 26.0 Å². The second-order valence-electron chi connectivity index (χ2n) is 8.96. The number of aliphatic carboxylic acids is 1. The van der Waals surface area contributed by atoms with Crippen molar-refractivity contribution in [3.05, 3.63) is 63.1 Å². The van der Waals surface area contributed by atoms with Crippen molar-refractivity contribution in [3.8, 4) is 17.5 Å². The summed E-state index contributed by atoms with van der Waals surface area (Å²) in [5.41, 5.74) is -3.53. The van der Waals surface area contributed by atoms with Crippen LogP contribution in [0.4, 0.5) is 0 Å². The van der Waals surface area contributed by atoms with Crippen molar-refractivity contribution in [2.24, 2.45) is 0 Å². The zero-order chi connectivity index (χ0) is 26.9. The van der Waals surface area contributed by atoms with E-state index in [-0.39, 0.29) is 35.5 Å². The van der Waals surface area contributed by atoms with Gasteiger partial charge in [0.25, 0.3) is 11.4 Å². The van der Waals surface area contributed by atoms with E-state index in [0.717, 1.165) is 4.57 Å². The molecule has 0 aliphatic carbocycles. The van der Waals surface area contributed by atoms with E-state index in [9.17, 15) is 19.5 Å². The molecule has 3 aromatic heterocycles. The zero-order valence-corrected chi connectivity index (χ0v) is 20.9. The lowest BCUT2D eigenvalue weighted by atomic mass is 10.1. The molecule has 194 valence electrons. The number of methoxy groups -OCH3 is 1. The summed E-state index contributed by atoms with van der Waals surface area (Å²) in [4.78, 5) is 47.5. The molecule has 0 saturated heterocycles. The van der Waals surface area contributed by atoms with Crippen molar-refractivity contribution in [2.45, 2.75) is 52.0 Å². The normalized spacial score (nSPS) is 12.7. The van der Waals surface area contributed by atoms with Crippen LogP contribution in [0, 0.1) is 0 Å². The van der Waals surface area contributed by atoms with Gasteiger partial charge in [0.15, 0.2) is 11.2 Å². The van der Waals surface area contributed by atoms with Crippen molar-refractivity contribution in [1.82, 2.24) is 29.3 Å². The number of benzene rings is 1. The van der Waals surface area contributed by atoms with Crippen LogP contribution in [0.25, 0.3) is 22.9 Å². The predicted octanol–water partition coefficient (Wildman–Crippen LogP) is 2.00. The van der Waals surface area contributed by atoms with Crippen LogP contribution in [0.2, 0.25) is 0 Å². The standard InChI is InChI=1S/C24H26N6O7/c1-13(2)37-16(14-8-6-7-9-15(14)35-5)12-29-19-17(26-18(27-28-19)20-25-10-11-36-20)21(31)30(23(29)34)24(3,4)22(32)33/h6-11,13,16H,12H2,1-5H3,(H,32,33)/t16-/m0/s1. The van der Waals surface area contributed by atoms with Crippen molar-refractivity contribution < 1.29 is 23.8 Å². The third kappa shape index (κ3) is 4.72. The first-order valence-electron chi connectivity index (χ1n) is 11.4. The summed E-state index contributed by atoms with van der Waals surface area (Å²) in [5.74, 6) is -0.947. The topological polar surface area (TPSA) is 164 Å². The summed E-state index contributed by atoms with van der Waals surface area (Å²) in [6, 6.07) is 7.14. The predicted molar refractivity (Wildman–Crippen MR) is 130 cm³/mol. The second-order valence-corrected chi connectivity index (χ2v) is 8.96. The molecule has 1 N–H and O–H groups in total. The van der Waals surface area contributed by atoms with Crippen LogP contribution >= 0.6 is 0 Å². The Bertz CT molecular complexity index is 1560. The Kier molecular flexibility index (Phi) is 6.90. The first kappa shape index (κ1) is 25.7. The van der Waals surface area contributed by atoms with Crippen molar-refractivity contribution >= 4 is 17.1 Å². The summed E-state index contributed by atoms with van der Waals surface area (Å²) < 4.78 is 18.6. The first-order valence-corrected chi connectivity index (χ1v) is 11.4. The monoisotopic (exact) mass is 510 g/mol. The van der Waals surface area contributed by atoms with Gasteiger partial charge in [-0.2, -0.15) is 0 Å². The number of ether oxygens (including phenoxy) is 2. The van der Waals surface area contributed by atoms with Crippen LogP contribution in [-0.4, -0.2) is 53.6 Å². The third-order valence-electron chi connectivity index (χ3n) is 5.73. The van der Waals surface area contributed by atoms with Gasteiger partial charge in [0, 0.05) is 5.56 Å². The Morgan fingerprint density at radius 2 is 1.92 bits per heavy atom. The summed E-state index contributed by atoms with van der Waals surface area (Å²) >= 11 is 0. The van der Waals surface area contributed by atoms with Crippen molar-refractivity contribution in [2.75, 3.05) is 7.11 Å². The molecular weight excluding hydrogens is 484 g/mol. The molecule has 4 aromatic rings. The van der Waals surface area contributed by atoms with Gasteiger partial charge in [-0.25, -0.2) is 24.1 Å². The molecule has 0 saturated carbocycles. The molecule has 0 bridgehead atoms. The SMILES string of the molecule is COc1ccccc1[C@H](Cn1c(=O)n(C(C)(C)C(=O)O)c(=O)c2nc(-c3ncco3)nnc21)OC(C)C. The highest BCUT2D eigenvalue weighted by atomic mass is 16.5. The summed E-state index contributed by atoms with van der Waals surface area (Å²) in [6.07, 6.45) is 1.69.